The van der Waals surface area contributed by atoms with Crippen LogP contribution in [-0.4, -0.2) is 42.1 Å². The second-order valence-electron chi connectivity index (χ2n) is 4.72. The molecule has 2 bridgehead atoms. The Morgan fingerprint density at radius 3 is 2.60 bits per heavy atom. The number of pyridine rings is 1. The van der Waals surface area contributed by atoms with Crippen molar-refractivity contribution in [2.24, 2.45) is 0 Å². The fraction of sp³-hybridized carbons (Fsp3) is 0.583. The van der Waals surface area contributed by atoms with E-state index in [1.807, 2.05) is 18.5 Å². The van der Waals surface area contributed by atoms with Crippen LogP contribution in [0.3, 0.4) is 0 Å². The molecule has 2 aliphatic heterocycles. The minimum atomic E-state index is 0.706. The number of anilines is 1. The van der Waals surface area contributed by atoms with Gasteiger partial charge in [-0.3, -0.25) is 4.98 Å². The van der Waals surface area contributed by atoms with Gasteiger partial charge in [0, 0.05) is 31.4 Å². The van der Waals surface area contributed by atoms with Gasteiger partial charge in [-0.15, -0.1) is 0 Å². The molecule has 15 heavy (non-hydrogen) atoms. The lowest BCUT2D eigenvalue weighted by Gasteiger charge is -2.40. The maximum Gasteiger partial charge on any atom is 0.0558 e. The predicted molar refractivity (Wildman–Crippen MR) is 61.0 cm³/mol. The van der Waals surface area contributed by atoms with Crippen LogP contribution in [0.2, 0.25) is 0 Å². The smallest absolute Gasteiger partial charge is 0.0558 e. The van der Waals surface area contributed by atoms with Crippen molar-refractivity contribution in [1.29, 1.82) is 0 Å². The number of nitrogens with zero attached hydrogens (tertiary/aromatic N) is 3. The summed E-state index contributed by atoms with van der Waals surface area (Å²) in [6.45, 7) is 2.40. The van der Waals surface area contributed by atoms with E-state index in [-0.39, 0.29) is 0 Å². The molecule has 2 saturated heterocycles. The lowest BCUT2D eigenvalue weighted by atomic mass is 10.2. The van der Waals surface area contributed by atoms with E-state index >= 15 is 0 Å². The Morgan fingerprint density at radius 2 is 2.00 bits per heavy atom. The van der Waals surface area contributed by atoms with Crippen LogP contribution < -0.4 is 4.90 Å². The number of fused-ring (bicyclic) bond motifs is 2. The molecule has 2 fully saturated rings. The Labute approximate surface area is 90.7 Å². The van der Waals surface area contributed by atoms with Crippen LogP contribution in [0.1, 0.15) is 12.8 Å². The number of aromatic nitrogens is 1. The SMILES string of the molecule is CN1CC2CCC(C1)N2c1cccnc1. The van der Waals surface area contributed by atoms with Gasteiger partial charge in [0.2, 0.25) is 0 Å². The van der Waals surface area contributed by atoms with Crippen LogP contribution in [0.5, 0.6) is 0 Å². The van der Waals surface area contributed by atoms with Crippen LogP contribution >= 0.6 is 0 Å². The van der Waals surface area contributed by atoms with Crippen LogP contribution in [0.15, 0.2) is 24.5 Å². The number of rotatable bonds is 1. The van der Waals surface area contributed by atoms with Crippen molar-refractivity contribution in [3.05, 3.63) is 24.5 Å². The quantitative estimate of drug-likeness (QED) is 0.687. The van der Waals surface area contributed by atoms with E-state index in [4.69, 9.17) is 0 Å². The van der Waals surface area contributed by atoms with Gasteiger partial charge in [0.1, 0.15) is 0 Å². The molecule has 0 aromatic carbocycles. The topological polar surface area (TPSA) is 19.4 Å². The zero-order chi connectivity index (χ0) is 10.3. The standard InChI is InChI=1S/C12H17N3/c1-14-8-11-4-5-12(9-14)15(11)10-3-2-6-13-7-10/h2-3,6-7,11-12H,4-5,8-9H2,1H3. The molecule has 1 aromatic rings. The first-order chi connectivity index (χ1) is 7.34. The molecule has 0 radical (unpaired) electrons. The van der Waals surface area contributed by atoms with Gasteiger partial charge in [-0.1, -0.05) is 0 Å². The Kier molecular flexibility index (Phi) is 2.13. The van der Waals surface area contributed by atoms with Gasteiger partial charge in [0.25, 0.3) is 0 Å². The zero-order valence-electron chi connectivity index (χ0n) is 9.13. The summed E-state index contributed by atoms with van der Waals surface area (Å²) in [5, 5.41) is 0. The predicted octanol–water partition coefficient (Wildman–Crippen LogP) is 1.36. The highest BCUT2D eigenvalue weighted by Gasteiger charge is 2.38. The monoisotopic (exact) mass is 203 g/mol. The highest BCUT2D eigenvalue weighted by Crippen LogP contribution is 2.33. The molecule has 0 spiro atoms. The average Bonchev–Trinajstić information content (AvgIpc) is 2.53. The number of likely N-dealkylation sites (N-methyl/N-ethyl adjacent to an activating group) is 1. The summed E-state index contributed by atoms with van der Waals surface area (Å²) in [4.78, 5) is 9.25. The first-order valence-corrected chi connectivity index (χ1v) is 5.71. The van der Waals surface area contributed by atoms with E-state index in [0.29, 0.717) is 12.1 Å². The minimum Gasteiger partial charge on any atom is -0.362 e. The molecule has 2 atom stereocenters. The summed E-state index contributed by atoms with van der Waals surface area (Å²) in [5.74, 6) is 0. The van der Waals surface area contributed by atoms with Gasteiger partial charge in [-0.05, 0) is 32.0 Å². The third-order valence-electron chi connectivity index (χ3n) is 3.61. The lowest BCUT2D eigenvalue weighted by Crippen LogP contribution is -2.52. The Hall–Kier alpha value is -1.09. The summed E-state index contributed by atoms with van der Waals surface area (Å²) >= 11 is 0. The van der Waals surface area contributed by atoms with Crippen LogP contribution in [-0.2, 0) is 0 Å². The van der Waals surface area contributed by atoms with Gasteiger partial charge >= 0.3 is 0 Å². The summed E-state index contributed by atoms with van der Waals surface area (Å²) in [5.41, 5.74) is 1.30. The van der Waals surface area contributed by atoms with E-state index in [9.17, 15) is 0 Å². The molecule has 3 rings (SSSR count). The molecule has 3 heteroatoms. The van der Waals surface area contributed by atoms with Gasteiger partial charge in [0.05, 0.1) is 11.9 Å². The second kappa shape index (κ2) is 3.49. The van der Waals surface area contributed by atoms with E-state index in [0.717, 1.165) is 0 Å². The van der Waals surface area contributed by atoms with Gasteiger partial charge in [0.15, 0.2) is 0 Å². The molecule has 80 valence electrons. The molecular weight excluding hydrogens is 186 g/mol. The van der Waals surface area contributed by atoms with E-state index in [2.05, 4.69) is 27.9 Å². The normalized spacial score (nSPS) is 30.9. The third kappa shape index (κ3) is 1.51. The number of hydrogen-bond acceptors (Lipinski definition) is 3. The minimum absolute atomic E-state index is 0.706. The fourth-order valence-corrected chi connectivity index (χ4v) is 3.04. The lowest BCUT2D eigenvalue weighted by molar-refractivity contribution is 0.264. The molecule has 2 unspecified atom stereocenters. The van der Waals surface area contributed by atoms with Gasteiger partial charge in [-0.2, -0.15) is 0 Å². The van der Waals surface area contributed by atoms with Crippen LogP contribution in [0.25, 0.3) is 0 Å². The maximum absolute atomic E-state index is 4.22. The highest BCUT2D eigenvalue weighted by atomic mass is 15.3. The molecule has 0 aliphatic carbocycles. The Morgan fingerprint density at radius 1 is 1.27 bits per heavy atom. The Bertz CT molecular complexity index is 324. The molecule has 0 N–H and O–H groups in total. The molecule has 3 heterocycles. The summed E-state index contributed by atoms with van der Waals surface area (Å²) < 4.78 is 0. The molecule has 0 amide bonds. The average molecular weight is 203 g/mol. The van der Waals surface area contributed by atoms with E-state index < -0.39 is 0 Å². The van der Waals surface area contributed by atoms with E-state index in [1.165, 1.54) is 31.6 Å². The largest absolute Gasteiger partial charge is 0.362 e. The van der Waals surface area contributed by atoms with Crippen molar-refractivity contribution in [3.8, 4) is 0 Å². The summed E-state index contributed by atoms with van der Waals surface area (Å²) in [7, 11) is 2.23. The maximum atomic E-state index is 4.22. The molecule has 1 aromatic heterocycles. The molecule has 0 saturated carbocycles. The first kappa shape index (κ1) is 9.16. The fourth-order valence-electron chi connectivity index (χ4n) is 3.04. The molecular formula is C12H17N3. The van der Waals surface area contributed by atoms with Crippen molar-refractivity contribution < 1.29 is 0 Å². The van der Waals surface area contributed by atoms with Crippen LogP contribution in [0.4, 0.5) is 5.69 Å². The van der Waals surface area contributed by atoms with Crippen molar-refractivity contribution in [2.45, 2.75) is 24.9 Å². The van der Waals surface area contributed by atoms with Crippen molar-refractivity contribution in [2.75, 3.05) is 25.0 Å². The van der Waals surface area contributed by atoms with Crippen LogP contribution in [0, 0.1) is 0 Å². The van der Waals surface area contributed by atoms with Crippen molar-refractivity contribution >= 4 is 5.69 Å². The third-order valence-corrected chi connectivity index (χ3v) is 3.61. The zero-order valence-corrected chi connectivity index (χ0v) is 9.13. The second-order valence-corrected chi connectivity index (χ2v) is 4.72. The first-order valence-electron chi connectivity index (χ1n) is 5.71. The van der Waals surface area contributed by atoms with Crippen molar-refractivity contribution in [3.63, 3.8) is 0 Å². The molecule has 3 nitrogen and oxygen atoms in total. The summed E-state index contributed by atoms with van der Waals surface area (Å²) in [6, 6.07) is 5.63. The Balaban J connectivity index is 1.89. The number of piperazine rings is 1. The van der Waals surface area contributed by atoms with Gasteiger partial charge in [-0.25, -0.2) is 0 Å². The van der Waals surface area contributed by atoms with Gasteiger partial charge < -0.3 is 9.80 Å². The number of hydrogen-bond donors (Lipinski definition) is 0. The van der Waals surface area contributed by atoms with E-state index in [1.54, 1.807) is 0 Å². The van der Waals surface area contributed by atoms with Crippen molar-refractivity contribution in [1.82, 2.24) is 9.88 Å². The molecule has 2 aliphatic rings. The summed E-state index contributed by atoms with van der Waals surface area (Å²) in [6.07, 6.45) is 6.52. The number of likely N-dealkylation sites (tertiary alicyclic amines) is 1. The highest BCUT2D eigenvalue weighted by molar-refractivity contribution is 5.48.